The molecule has 1 aliphatic carbocycles. The highest BCUT2D eigenvalue weighted by atomic mass is 32.1. The second-order valence-corrected chi connectivity index (χ2v) is 9.07. The van der Waals surface area contributed by atoms with E-state index in [0.717, 1.165) is 60.7 Å². The first-order valence-electron chi connectivity index (χ1n) is 10.9. The second kappa shape index (κ2) is 9.90. The number of esters is 1. The molecule has 3 rings (SSSR count). The quantitative estimate of drug-likeness (QED) is 0.531. The predicted molar refractivity (Wildman–Crippen MR) is 116 cm³/mol. The third kappa shape index (κ3) is 4.92. The molecule has 5 nitrogen and oxygen atoms in total. The van der Waals surface area contributed by atoms with Crippen LogP contribution >= 0.6 is 11.3 Å². The van der Waals surface area contributed by atoms with E-state index in [-0.39, 0.29) is 11.9 Å². The first kappa shape index (κ1) is 22.0. The van der Waals surface area contributed by atoms with Gasteiger partial charge in [-0.3, -0.25) is 4.79 Å². The molecule has 160 valence electrons. The minimum atomic E-state index is -0.553. The van der Waals surface area contributed by atoms with Crippen LogP contribution in [-0.2, 0) is 9.53 Å². The summed E-state index contributed by atoms with van der Waals surface area (Å²) in [4.78, 5) is 17.2. The molecular weight excluding hydrogens is 386 g/mol. The highest BCUT2D eigenvalue weighted by molar-refractivity contribution is 7.20. The number of aliphatic hydroxyl groups excluding tert-OH is 1. The van der Waals surface area contributed by atoms with Crippen LogP contribution in [-0.4, -0.2) is 29.3 Å². The molecule has 6 heteroatoms. The Morgan fingerprint density at radius 2 is 1.93 bits per heavy atom. The van der Waals surface area contributed by atoms with Gasteiger partial charge in [0, 0.05) is 0 Å². The lowest BCUT2D eigenvalue weighted by molar-refractivity contribution is -0.159. The average Bonchev–Trinajstić information content (AvgIpc) is 3.16. The van der Waals surface area contributed by atoms with Gasteiger partial charge in [0.1, 0.15) is 12.0 Å². The Balaban J connectivity index is 1.75. The van der Waals surface area contributed by atoms with Gasteiger partial charge in [-0.2, -0.15) is 0 Å². The maximum absolute atomic E-state index is 12.6. The number of rotatable bonds is 9. The largest absolute Gasteiger partial charge is 0.469 e. The molecule has 1 unspecified atom stereocenters. The zero-order valence-corrected chi connectivity index (χ0v) is 18.6. The van der Waals surface area contributed by atoms with Crippen molar-refractivity contribution in [2.45, 2.75) is 71.8 Å². The van der Waals surface area contributed by atoms with E-state index in [2.05, 4.69) is 18.8 Å². The lowest BCUT2D eigenvalue weighted by Crippen LogP contribution is -2.40. The summed E-state index contributed by atoms with van der Waals surface area (Å²) in [6.07, 6.45) is 6.26. The van der Waals surface area contributed by atoms with E-state index in [9.17, 15) is 9.90 Å². The van der Waals surface area contributed by atoms with Crippen molar-refractivity contribution in [1.29, 1.82) is 0 Å². The van der Waals surface area contributed by atoms with Crippen LogP contribution in [0.15, 0.2) is 18.2 Å². The molecule has 1 saturated carbocycles. The molecule has 0 bridgehead atoms. The van der Waals surface area contributed by atoms with Gasteiger partial charge < -0.3 is 14.6 Å². The van der Waals surface area contributed by atoms with Crippen LogP contribution in [0.2, 0.25) is 0 Å². The van der Waals surface area contributed by atoms with Gasteiger partial charge in [-0.25, -0.2) is 4.98 Å². The first-order valence-corrected chi connectivity index (χ1v) is 11.7. The van der Waals surface area contributed by atoms with Gasteiger partial charge >= 0.3 is 5.97 Å². The Hall–Kier alpha value is -1.66. The van der Waals surface area contributed by atoms with Gasteiger partial charge in [-0.05, 0) is 43.4 Å². The van der Waals surface area contributed by atoms with Crippen LogP contribution in [0.1, 0.15) is 77.4 Å². The number of hydrogen-bond acceptors (Lipinski definition) is 6. The molecule has 1 N–H and O–H groups in total. The number of benzene rings is 1. The molecule has 0 aliphatic heterocycles. The molecule has 29 heavy (non-hydrogen) atoms. The fourth-order valence-corrected chi connectivity index (χ4v) is 5.16. The Labute approximate surface area is 177 Å². The van der Waals surface area contributed by atoms with E-state index in [1.54, 1.807) is 0 Å². The summed E-state index contributed by atoms with van der Waals surface area (Å²) in [5, 5.41) is 11.2. The van der Waals surface area contributed by atoms with Crippen molar-refractivity contribution >= 4 is 27.5 Å². The molecule has 1 atom stereocenters. The minimum absolute atomic E-state index is 0.142. The van der Waals surface area contributed by atoms with Crippen molar-refractivity contribution in [3.8, 4) is 5.19 Å². The number of aromatic nitrogens is 1. The average molecular weight is 420 g/mol. The summed E-state index contributed by atoms with van der Waals surface area (Å²) in [6.45, 7) is 6.77. The van der Waals surface area contributed by atoms with Crippen LogP contribution in [0.25, 0.3) is 10.2 Å². The van der Waals surface area contributed by atoms with Gasteiger partial charge in [0.2, 0.25) is 0 Å². The molecule has 1 aliphatic rings. The standard InChI is InChI=1S/C23H33NO4S/c1-4-16(5-2)20(25)17-10-11-18-19(14-17)29-22(24-18)28-15-23(21(26)27-6-3)12-8-7-9-13-23/h10-11,14,16,20,25H,4-9,12-13,15H2,1-3H3. The third-order valence-electron chi connectivity index (χ3n) is 6.22. The molecule has 0 spiro atoms. The SMILES string of the molecule is CCOC(=O)C1(COc2nc3ccc(C(O)C(CC)CC)cc3s2)CCCCC1. The number of fused-ring (bicyclic) bond motifs is 1. The van der Waals surface area contributed by atoms with E-state index in [4.69, 9.17) is 9.47 Å². The molecular formula is C23H33NO4S. The predicted octanol–water partition coefficient (Wildman–Crippen LogP) is 5.66. The molecule has 0 amide bonds. The zero-order valence-electron chi connectivity index (χ0n) is 17.8. The number of aliphatic hydroxyl groups is 1. The molecule has 1 aromatic carbocycles. The summed E-state index contributed by atoms with van der Waals surface area (Å²) in [5.41, 5.74) is 1.24. The van der Waals surface area contributed by atoms with Crippen molar-refractivity contribution in [3.05, 3.63) is 23.8 Å². The van der Waals surface area contributed by atoms with E-state index in [0.29, 0.717) is 18.4 Å². The lowest BCUT2D eigenvalue weighted by atomic mass is 9.74. The number of ether oxygens (including phenoxy) is 2. The first-order chi connectivity index (χ1) is 14.0. The third-order valence-corrected chi connectivity index (χ3v) is 7.15. The van der Waals surface area contributed by atoms with Gasteiger partial charge in [0.05, 0.1) is 22.9 Å². The van der Waals surface area contributed by atoms with Gasteiger partial charge in [0.25, 0.3) is 5.19 Å². The van der Waals surface area contributed by atoms with Crippen LogP contribution in [0, 0.1) is 11.3 Å². The van der Waals surface area contributed by atoms with Crippen molar-refractivity contribution in [2.75, 3.05) is 13.2 Å². The Bertz CT molecular complexity index is 808. The molecule has 0 radical (unpaired) electrons. The fraction of sp³-hybridized carbons (Fsp3) is 0.652. The topological polar surface area (TPSA) is 68.7 Å². The van der Waals surface area contributed by atoms with Crippen molar-refractivity contribution in [3.63, 3.8) is 0 Å². The van der Waals surface area contributed by atoms with Gasteiger partial charge in [-0.1, -0.05) is 63.4 Å². The maximum Gasteiger partial charge on any atom is 0.315 e. The van der Waals surface area contributed by atoms with Crippen LogP contribution in [0.5, 0.6) is 5.19 Å². The van der Waals surface area contributed by atoms with Crippen molar-refractivity contribution < 1.29 is 19.4 Å². The Morgan fingerprint density at radius 1 is 1.21 bits per heavy atom. The number of thiazole rings is 1. The summed E-state index contributed by atoms with van der Waals surface area (Å²) < 4.78 is 12.4. The number of nitrogens with zero attached hydrogens (tertiary/aromatic N) is 1. The van der Waals surface area contributed by atoms with E-state index in [1.807, 2.05) is 25.1 Å². The highest BCUT2D eigenvalue weighted by Gasteiger charge is 2.42. The van der Waals surface area contributed by atoms with Crippen molar-refractivity contribution in [1.82, 2.24) is 4.98 Å². The second-order valence-electron chi connectivity index (χ2n) is 8.08. The van der Waals surface area contributed by atoms with Crippen LogP contribution in [0.4, 0.5) is 0 Å². The van der Waals surface area contributed by atoms with E-state index < -0.39 is 11.5 Å². The molecule has 1 fully saturated rings. The number of hydrogen-bond donors (Lipinski definition) is 1. The maximum atomic E-state index is 12.6. The minimum Gasteiger partial charge on any atom is -0.469 e. The fourth-order valence-electron chi connectivity index (χ4n) is 4.29. The van der Waals surface area contributed by atoms with E-state index in [1.165, 1.54) is 11.3 Å². The van der Waals surface area contributed by atoms with E-state index >= 15 is 0 Å². The molecule has 1 aromatic heterocycles. The number of carbonyl (C=O) groups excluding carboxylic acids is 1. The van der Waals surface area contributed by atoms with Crippen LogP contribution < -0.4 is 4.74 Å². The monoisotopic (exact) mass is 419 g/mol. The highest BCUT2D eigenvalue weighted by Crippen LogP contribution is 2.39. The zero-order chi connectivity index (χ0) is 20.9. The smallest absolute Gasteiger partial charge is 0.315 e. The number of carbonyl (C=O) groups is 1. The van der Waals surface area contributed by atoms with Gasteiger partial charge in [0.15, 0.2) is 0 Å². The summed E-state index contributed by atoms with van der Waals surface area (Å²) in [6, 6.07) is 5.92. The molecule has 1 heterocycles. The summed E-state index contributed by atoms with van der Waals surface area (Å²) in [7, 11) is 0. The Morgan fingerprint density at radius 3 is 2.59 bits per heavy atom. The molecule has 0 saturated heterocycles. The summed E-state index contributed by atoms with van der Waals surface area (Å²) >= 11 is 1.47. The lowest BCUT2D eigenvalue weighted by Gasteiger charge is -2.33. The summed E-state index contributed by atoms with van der Waals surface area (Å²) in [5.74, 6) is 0.114. The van der Waals surface area contributed by atoms with Gasteiger partial charge in [-0.15, -0.1) is 0 Å². The van der Waals surface area contributed by atoms with Crippen LogP contribution in [0.3, 0.4) is 0 Å². The molecule has 2 aromatic rings. The Kier molecular flexibility index (Phi) is 7.52. The normalized spacial score (nSPS) is 17.4. The van der Waals surface area contributed by atoms with Crippen molar-refractivity contribution in [2.24, 2.45) is 11.3 Å².